The maximum atomic E-state index is 2.56. The first-order chi connectivity index (χ1) is 26.3. The molecule has 10 aromatic rings. The van der Waals surface area contributed by atoms with Gasteiger partial charge in [-0.15, -0.1) is 0 Å². The van der Waals surface area contributed by atoms with Crippen molar-refractivity contribution in [2.24, 2.45) is 0 Å². The SMILES string of the molecule is c1csc([Si](c2cccs2)(c2cccs2)c2ccc([Si](c3cccs3)(c3cccs3)c3ccc([Si](c4cccs4)(c4cccs4)c4cccs4)s3)s2)c1. The minimum atomic E-state index is -2.68. The van der Waals surface area contributed by atoms with Crippen molar-refractivity contribution in [3.63, 3.8) is 0 Å². The van der Waals surface area contributed by atoms with Gasteiger partial charge in [0.1, 0.15) is 0 Å². The van der Waals surface area contributed by atoms with Crippen molar-refractivity contribution in [1.29, 1.82) is 0 Å². The van der Waals surface area contributed by atoms with Crippen molar-refractivity contribution < 1.29 is 0 Å². The van der Waals surface area contributed by atoms with Crippen LogP contribution in [0.1, 0.15) is 0 Å². The topological polar surface area (TPSA) is 0 Å². The van der Waals surface area contributed by atoms with Crippen LogP contribution in [0, 0.1) is 0 Å². The molecule has 13 heteroatoms. The molecular weight excluding hydrogens is 885 g/mol. The Hall–Kier alpha value is -2.35. The second-order valence-corrected chi connectivity index (χ2v) is 37.5. The lowest BCUT2D eigenvalue weighted by atomic mass is 10.6. The standard InChI is InChI=1S/C40H28S10Si3/c1-9-29(41-21-1)51(30-10-2-22-42-30,31-11-3-23-43-31)37-17-19-39(49-37)53(35-15-7-27-47-35,36-16-8-28-48-36)40-20-18-38(50-40)52(32-12-4-24-44-32,33-13-5-25-45-33)34-14-6-26-46-34/h1-28H. The van der Waals surface area contributed by atoms with Crippen LogP contribution in [0.3, 0.4) is 0 Å². The Labute approximate surface area is 351 Å². The zero-order valence-electron chi connectivity index (χ0n) is 27.7. The molecular formula is C40H28S10Si3. The fourth-order valence-corrected chi connectivity index (χ4v) is 47.8. The second-order valence-electron chi connectivity index (χ2n) is 12.4. The van der Waals surface area contributed by atoms with Crippen molar-refractivity contribution in [1.82, 2.24) is 0 Å². The Morgan fingerprint density at radius 1 is 0.208 bits per heavy atom. The first-order valence-electron chi connectivity index (χ1n) is 16.8. The fraction of sp³-hybridized carbons (Fsp3) is 0. The van der Waals surface area contributed by atoms with E-state index in [0.29, 0.717) is 0 Å². The zero-order valence-corrected chi connectivity index (χ0v) is 38.9. The number of rotatable bonds is 12. The van der Waals surface area contributed by atoms with Gasteiger partial charge in [0, 0.05) is 54.0 Å². The second kappa shape index (κ2) is 14.6. The van der Waals surface area contributed by atoms with Gasteiger partial charge in [-0.3, -0.25) is 0 Å². The largest absolute Gasteiger partial charge is 0.222 e. The van der Waals surface area contributed by atoms with Gasteiger partial charge < -0.3 is 0 Å². The monoisotopic (exact) mass is 912 g/mol. The number of hydrogen-bond acceptors (Lipinski definition) is 10. The summed E-state index contributed by atoms with van der Waals surface area (Å²) >= 11 is 19.8. The molecule has 53 heavy (non-hydrogen) atoms. The maximum Gasteiger partial charge on any atom is 0.222 e. The molecule has 0 aliphatic carbocycles. The molecule has 0 fully saturated rings. The fourth-order valence-electron chi connectivity index (χ4n) is 7.60. The van der Waals surface area contributed by atoms with Gasteiger partial charge in [0.05, 0.1) is 0 Å². The van der Waals surface area contributed by atoms with Crippen molar-refractivity contribution >= 4 is 192 Å². The number of thiophene rings is 10. The van der Waals surface area contributed by atoms with E-state index in [4.69, 9.17) is 0 Å². The normalized spacial score (nSPS) is 12.5. The van der Waals surface area contributed by atoms with Crippen molar-refractivity contribution in [2.75, 3.05) is 0 Å². The van der Waals surface area contributed by atoms with Crippen LogP contribution in [-0.2, 0) is 0 Å². The first-order valence-corrected chi connectivity index (χ1v) is 31.5. The lowest BCUT2D eigenvalue weighted by Gasteiger charge is -2.30. The highest BCUT2D eigenvalue weighted by Gasteiger charge is 2.52. The van der Waals surface area contributed by atoms with Gasteiger partial charge in [-0.05, 0) is 43.0 Å². The van der Waals surface area contributed by atoms with E-state index < -0.39 is 24.2 Å². The van der Waals surface area contributed by atoms with E-state index in [9.17, 15) is 0 Å². The van der Waals surface area contributed by atoms with E-state index >= 15 is 0 Å². The Morgan fingerprint density at radius 3 is 0.528 bits per heavy atom. The van der Waals surface area contributed by atoms with Crippen LogP contribution >= 0.6 is 113 Å². The average molecular weight is 914 g/mol. The van der Waals surface area contributed by atoms with E-state index in [1.165, 1.54) is 36.0 Å². The van der Waals surface area contributed by atoms with Gasteiger partial charge in [-0.1, -0.05) is 121 Å². The Bertz CT molecular complexity index is 2250. The van der Waals surface area contributed by atoms with Gasteiger partial charge >= 0.3 is 0 Å². The van der Waals surface area contributed by atoms with Gasteiger partial charge in [0.2, 0.25) is 24.2 Å². The van der Waals surface area contributed by atoms with Crippen LogP contribution in [0.5, 0.6) is 0 Å². The van der Waals surface area contributed by atoms with E-state index in [1.54, 1.807) is 18.0 Å². The van der Waals surface area contributed by atoms with Crippen LogP contribution < -0.4 is 54.0 Å². The molecule has 0 aromatic carbocycles. The third-order valence-electron chi connectivity index (χ3n) is 9.82. The number of hydrogen-bond donors (Lipinski definition) is 0. The Kier molecular flexibility index (Phi) is 9.68. The molecule has 0 spiro atoms. The summed E-state index contributed by atoms with van der Waals surface area (Å²) in [6.45, 7) is 0. The molecule has 0 nitrogen and oxygen atoms in total. The summed E-state index contributed by atoms with van der Waals surface area (Å²) in [6, 6.07) is 47.7. The summed E-state index contributed by atoms with van der Waals surface area (Å²) in [4.78, 5) is 0. The summed E-state index contributed by atoms with van der Waals surface area (Å²) < 4.78 is 18.3. The van der Waals surface area contributed by atoms with Crippen LogP contribution in [0.4, 0.5) is 0 Å². The minimum Gasteiger partial charge on any atom is -0.152 e. The van der Waals surface area contributed by atoms with E-state index in [2.05, 4.69) is 187 Å². The molecule has 260 valence electrons. The third kappa shape index (κ3) is 5.46. The molecule has 0 aliphatic rings. The van der Waals surface area contributed by atoms with Crippen LogP contribution in [0.2, 0.25) is 0 Å². The summed E-state index contributed by atoms with van der Waals surface area (Å²) in [7, 11) is -7.66. The molecule has 0 amide bonds. The first kappa shape index (κ1) is 35.1. The van der Waals surface area contributed by atoms with E-state index in [1.807, 2.05) is 90.7 Å². The quantitative estimate of drug-likeness (QED) is 0.124. The summed E-state index contributed by atoms with van der Waals surface area (Å²) in [5.41, 5.74) is 0. The molecule has 0 bridgehead atoms. The summed E-state index contributed by atoms with van der Waals surface area (Å²) in [5.74, 6) is 0. The van der Waals surface area contributed by atoms with Crippen LogP contribution in [0.15, 0.2) is 164 Å². The molecule has 0 atom stereocenters. The van der Waals surface area contributed by atoms with Crippen molar-refractivity contribution in [3.05, 3.63) is 164 Å². The smallest absolute Gasteiger partial charge is 0.152 e. The van der Waals surface area contributed by atoms with Crippen LogP contribution in [-0.4, -0.2) is 24.2 Å². The molecule has 0 saturated heterocycles. The Morgan fingerprint density at radius 2 is 0.377 bits per heavy atom. The summed E-state index contributed by atoms with van der Waals surface area (Å²) in [5, 5.41) is 18.3. The predicted molar refractivity (Wildman–Crippen MR) is 256 cm³/mol. The lowest BCUT2D eigenvalue weighted by molar-refractivity contribution is 1.95. The molecule has 10 aromatic heterocycles. The summed E-state index contributed by atoms with van der Waals surface area (Å²) in [6.07, 6.45) is 0. The van der Waals surface area contributed by atoms with Crippen LogP contribution in [0.25, 0.3) is 0 Å². The molecule has 0 saturated carbocycles. The molecule has 0 radical (unpaired) electrons. The molecule has 10 rings (SSSR count). The molecule has 10 heterocycles. The van der Waals surface area contributed by atoms with Gasteiger partial charge in [0.15, 0.2) is 0 Å². The zero-order chi connectivity index (χ0) is 35.3. The van der Waals surface area contributed by atoms with Gasteiger partial charge in [-0.2, -0.15) is 113 Å². The molecule has 0 N–H and O–H groups in total. The van der Waals surface area contributed by atoms with Gasteiger partial charge in [-0.25, -0.2) is 0 Å². The van der Waals surface area contributed by atoms with Crippen molar-refractivity contribution in [2.45, 2.75) is 0 Å². The molecule has 0 unspecified atom stereocenters. The third-order valence-corrected chi connectivity index (χ3v) is 42.7. The predicted octanol–water partition coefficient (Wildman–Crippen LogP) is 6.43. The highest BCUT2D eigenvalue weighted by Crippen LogP contribution is 2.24. The molecule has 0 aliphatic heterocycles. The van der Waals surface area contributed by atoms with Crippen molar-refractivity contribution in [3.8, 4) is 0 Å². The van der Waals surface area contributed by atoms with Gasteiger partial charge in [0.25, 0.3) is 0 Å². The van der Waals surface area contributed by atoms with E-state index in [-0.39, 0.29) is 0 Å². The average Bonchev–Trinajstić information content (AvgIpc) is 4.01. The lowest BCUT2D eigenvalue weighted by Crippen LogP contribution is -2.74. The van der Waals surface area contributed by atoms with E-state index in [0.717, 1.165) is 0 Å². The Balaban J connectivity index is 1.25. The highest BCUT2D eigenvalue weighted by molar-refractivity contribution is 7.61. The minimum absolute atomic E-state index is 1.52. The highest BCUT2D eigenvalue weighted by atomic mass is 32.1. The maximum absolute atomic E-state index is 2.68.